The Kier molecular flexibility index (Phi) is 6.12. The van der Waals surface area contributed by atoms with Crippen LogP contribution in [-0.4, -0.2) is 33.7 Å². The van der Waals surface area contributed by atoms with Crippen LogP contribution in [0.15, 0.2) is 47.4 Å². The lowest BCUT2D eigenvalue weighted by atomic mass is 10.2. The average Bonchev–Trinajstić information content (AvgIpc) is 2.75. The van der Waals surface area contributed by atoms with Crippen molar-refractivity contribution in [2.75, 3.05) is 6.54 Å². The second-order valence-corrected chi connectivity index (χ2v) is 6.77. The molecule has 1 aliphatic rings. The highest BCUT2D eigenvalue weighted by molar-refractivity contribution is 8.26. The van der Waals surface area contributed by atoms with Crippen LogP contribution >= 0.6 is 24.0 Å². The first-order valence-corrected chi connectivity index (χ1v) is 8.36. The number of thioether (sulfide) groups is 1. The summed E-state index contributed by atoms with van der Waals surface area (Å²) in [5, 5.41) is 0. The standard InChI is InChI=1S/C17H17NO3S2/c1-12(2)21-15(19)11-18-16(20)14(23-17(18)22)10-6-9-13-7-4-3-5-8-13/h3-10,12H,11H2,1-2H3. The largest absolute Gasteiger partial charge is 0.462 e. The van der Waals surface area contributed by atoms with Gasteiger partial charge in [-0.3, -0.25) is 14.5 Å². The number of rotatable bonds is 5. The third-order valence-corrected chi connectivity index (χ3v) is 4.26. The highest BCUT2D eigenvalue weighted by Crippen LogP contribution is 2.30. The van der Waals surface area contributed by atoms with Gasteiger partial charge in [0.25, 0.3) is 5.91 Å². The van der Waals surface area contributed by atoms with Crippen LogP contribution in [-0.2, 0) is 14.3 Å². The minimum absolute atomic E-state index is 0.150. The molecule has 6 heteroatoms. The first-order valence-electron chi connectivity index (χ1n) is 7.14. The van der Waals surface area contributed by atoms with Crippen LogP contribution in [0.25, 0.3) is 6.08 Å². The van der Waals surface area contributed by atoms with Crippen molar-refractivity contribution in [1.82, 2.24) is 4.90 Å². The quantitative estimate of drug-likeness (QED) is 0.464. The molecule has 0 saturated carbocycles. The molecule has 2 rings (SSSR count). The molecule has 0 radical (unpaired) electrons. The minimum atomic E-state index is -0.461. The summed E-state index contributed by atoms with van der Waals surface area (Å²) in [4.78, 5) is 25.7. The van der Waals surface area contributed by atoms with E-state index in [1.165, 1.54) is 16.7 Å². The molecule has 1 aromatic carbocycles. The van der Waals surface area contributed by atoms with Gasteiger partial charge >= 0.3 is 5.97 Å². The normalized spacial score (nSPS) is 16.8. The van der Waals surface area contributed by atoms with Crippen molar-refractivity contribution in [1.29, 1.82) is 0 Å². The fourth-order valence-corrected chi connectivity index (χ4v) is 3.10. The fourth-order valence-electron chi connectivity index (χ4n) is 1.89. The minimum Gasteiger partial charge on any atom is -0.462 e. The van der Waals surface area contributed by atoms with Crippen LogP contribution in [0.2, 0.25) is 0 Å². The zero-order valence-electron chi connectivity index (χ0n) is 12.9. The van der Waals surface area contributed by atoms with Crippen molar-refractivity contribution < 1.29 is 14.3 Å². The van der Waals surface area contributed by atoms with E-state index in [9.17, 15) is 9.59 Å². The van der Waals surface area contributed by atoms with E-state index in [0.29, 0.717) is 9.23 Å². The summed E-state index contributed by atoms with van der Waals surface area (Å²) in [7, 11) is 0. The zero-order valence-corrected chi connectivity index (χ0v) is 14.5. The summed E-state index contributed by atoms with van der Waals surface area (Å²) in [6.07, 6.45) is 5.19. The Labute approximate surface area is 145 Å². The van der Waals surface area contributed by atoms with Crippen molar-refractivity contribution in [3.63, 3.8) is 0 Å². The third-order valence-electron chi connectivity index (χ3n) is 2.86. The molecule has 1 saturated heterocycles. The molecule has 0 N–H and O–H groups in total. The van der Waals surface area contributed by atoms with Crippen LogP contribution in [0.3, 0.4) is 0 Å². The monoisotopic (exact) mass is 347 g/mol. The molecule has 1 aliphatic heterocycles. The van der Waals surface area contributed by atoms with Gasteiger partial charge in [-0.2, -0.15) is 0 Å². The Morgan fingerprint density at radius 1 is 1.35 bits per heavy atom. The van der Waals surface area contributed by atoms with Gasteiger partial charge in [-0.1, -0.05) is 66.5 Å². The number of carbonyl (C=O) groups excluding carboxylic acids is 2. The molecular formula is C17H17NO3S2. The Morgan fingerprint density at radius 3 is 2.70 bits per heavy atom. The van der Waals surface area contributed by atoms with Gasteiger partial charge in [0.1, 0.15) is 10.9 Å². The van der Waals surface area contributed by atoms with Gasteiger partial charge in [-0.15, -0.1) is 0 Å². The lowest BCUT2D eigenvalue weighted by Gasteiger charge is -2.14. The molecule has 23 heavy (non-hydrogen) atoms. The molecule has 1 amide bonds. The molecule has 1 fully saturated rings. The van der Waals surface area contributed by atoms with Gasteiger partial charge in [0.05, 0.1) is 11.0 Å². The van der Waals surface area contributed by atoms with Gasteiger partial charge < -0.3 is 4.74 Å². The SMILES string of the molecule is CC(C)OC(=O)CN1C(=O)C(=CC=Cc2ccccc2)SC1=S. The molecule has 0 unspecified atom stereocenters. The van der Waals surface area contributed by atoms with E-state index >= 15 is 0 Å². The Bertz CT molecular complexity index is 666. The lowest BCUT2D eigenvalue weighted by Crippen LogP contribution is -2.35. The summed E-state index contributed by atoms with van der Waals surface area (Å²) >= 11 is 6.35. The molecule has 0 aliphatic carbocycles. The van der Waals surface area contributed by atoms with Crippen molar-refractivity contribution in [3.05, 3.63) is 53.0 Å². The number of benzene rings is 1. The van der Waals surface area contributed by atoms with E-state index in [1.54, 1.807) is 26.0 Å². The second kappa shape index (κ2) is 8.08. The molecular weight excluding hydrogens is 330 g/mol. The molecule has 0 spiro atoms. The van der Waals surface area contributed by atoms with Crippen LogP contribution in [0.4, 0.5) is 0 Å². The molecule has 120 valence electrons. The van der Waals surface area contributed by atoms with E-state index in [1.807, 2.05) is 36.4 Å². The number of amides is 1. The number of carbonyl (C=O) groups is 2. The maximum atomic E-state index is 12.3. The molecule has 1 heterocycles. The second-order valence-electron chi connectivity index (χ2n) is 5.10. The number of hydrogen-bond donors (Lipinski definition) is 0. The predicted octanol–water partition coefficient (Wildman–Crippen LogP) is 3.40. The van der Waals surface area contributed by atoms with E-state index in [2.05, 4.69) is 0 Å². The Hall–Kier alpha value is -1.92. The van der Waals surface area contributed by atoms with Gasteiger partial charge in [-0.05, 0) is 25.5 Å². The number of esters is 1. The lowest BCUT2D eigenvalue weighted by molar-refractivity contribution is -0.149. The summed E-state index contributed by atoms with van der Waals surface area (Å²) in [6, 6.07) is 9.77. The molecule has 0 atom stereocenters. The van der Waals surface area contributed by atoms with Crippen LogP contribution < -0.4 is 0 Å². The van der Waals surface area contributed by atoms with Crippen molar-refractivity contribution in [3.8, 4) is 0 Å². The van der Waals surface area contributed by atoms with Crippen molar-refractivity contribution in [2.45, 2.75) is 20.0 Å². The summed E-state index contributed by atoms with van der Waals surface area (Å²) in [6.45, 7) is 3.37. The van der Waals surface area contributed by atoms with Gasteiger partial charge in [0, 0.05) is 0 Å². The number of allylic oxidation sites excluding steroid dienone is 2. The number of hydrogen-bond acceptors (Lipinski definition) is 5. The first-order chi connectivity index (χ1) is 11.0. The zero-order chi connectivity index (χ0) is 16.8. The number of ether oxygens (including phenoxy) is 1. The smallest absolute Gasteiger partial charge is 0.326 e. The van der Waals surface area contributed by atoms with E-state index < -0.39 is 5.97 Å². The van der Waals surface area contributed by atoms with E-state index in [4.69, 9.17) is 17.0 Å². The summed E-state index contributed by atoms with van der Waals surface area (Å²) < 4.78 is 5.42. The van der Waals surface area contributed by atoms with Crippen LogP contribution in [0.5, 0.6) is 0 Å². The summed E-state index contributed by atoms with van der Waals surface area (Å²) in [5.41, 5.74) is 1.04. The van der Waals surface area contributed by atoms with Crippen LogP contribution in [0, 0.1) is 0 Å². The Morgan fingerprint density at radius 2 is 2.04 bits per heavy atom. The van der Waals surface area contributed by atoms with E-state index in [0.717, 1.165) is 5.56 Å². The highest BCUT2D eigenvalue weighted by atomic mass is 32.2. The molecule has 0 bridgehead atoms. The first kappa shape index (κ1) is 17.4. The van der Waals surface area contributed by atoms with Gasteiger partial charge in [0.15, 0.2) is 0 Å². The topological polar surface area (TPSA) is 46.6 Å². The third kappa shape index (κ3) is 5.04. The number of thiocarbonyl (C=S) groups is 1. The fraction of sp³-hybridized carbons (Fsp3) is 0.235. The van der Waals surface area contributed by atoms with Crippen molar-refractivity contribution >= 4 is 46.3 Å². The van der Waals surface area contributed by atoms with Gasteiger partial charge in [-0.25, -0.2) is 0 Å². The highest BCUT2D eigenvalue weighted by Gasteiger charge is 2.33. The Balaban J connectivity index is 2.01. The maximum absolute atomic E-state index is 12.3. The molecule has 4 nitrogen and oxygen atoms in total. The summed E-state index contributed by atoms with van der Waals surface area (Å²) in [5.74, 6) is -0.726. The molecule has 1 aromatic rings. The predicted molar refractivity (Wildman–Crippen MR) is 96.7 cm³/mol. The van der Waals surface area contributed by atoms with Crippen LogP contribution in [0.1, 0.15) is 19.4 Å². The maximum Gasteiger partial charge on any atom is 0.326 e. The number of nitrogens with zero attached hydrogens (tertiary/aromatic N) is 1. The average molecular weight is 347 g/mol. The van der Waals surface area contributed by atoms with Gasteiger partial charge in [0.2, 0.25) is 0 Å². The molecule has 0 aromatic heterocycles. The van der Waals surface area contributed by atoms with E-state index in [-0.39, 0.29) is 18.6 Å². The van der Waals surface area contributed by atoms with Crippen molar-refractivity contribution in [2.24, 2.45) is 0 Å².